The van der Waals surface area contributed by atoms with Crippen molar-refractivity contribution in [1.82, 2.24) is 19.9 Å². The number of aliphatic hydroxyl groups excluding tert-OH is 1. The van der Waals surface area contributed by atoms with Crippen molar-refractivity contribution in [3.8, 4) is 0 Å². The largest absolute Gasteiger partial charge is 0.378 e. The maximum Gasteiger partial charge on any atom is 0.256 e. The zero-order valence-corrected chi connectivity index (χ0v) is 18.5. The smallest absolute Gasteiger partial charge is 0.256 e. The maximum absolute atomic E-state index is 12.9. The third-order valence-corrected chi connectivity index (χ3v) is 7.41. The van der Waals surface area contributed by atoms with Crippen LogP contribution in [0, 0.1) is 6.92 Å². The number of halogens is 1. The maximum atomic E-state index is 12.9. The van der Waals surface area contributed by atoms with Crippen LogP contribution in [0.2, 0.25) is 5.02 Å². The molecule has 1 fully saturated rings. The van der Waals surface area contributed by atoms with E-state index < -0.39 is 12.0 Å². The number of benzene rings is 1. The minimum atomic E-state index is -1.32. The minimum Gasteiger partial charge on any atom is -0.378 e. The quantitative estimate of drug-likeness (QED) is 0.628. The minimum absolute atomic E-state index is 0.123. The molecule has 3 heterocycles. The lowest BCUT2D eigenvalue weighted by Gasteiger charge is -2.30. The third kappa shape index (κ3) is 3.58. The second kappa shape index (κ2) is 7.55. The van der Waals surface area contributed by atoms with E-state index in [1.807, 2.05) is 12.3 Å². The first-order valence-electron chi connectivity index (χ1n) is 10.1. The normalized spacial score (nSPS) is 17.8. The molecule has 0 unspecified atom stereocenters. The van der Waals surface area contributed by atoms with Crippen LogP contribution in [-0.4, -0.2) is 37.4 Å². The Morgan fingerprint density at radius 2 is 2.16 bits per heavy atom. The molecule has 0 radical (unpaired) electrons. The van der Waals surface area contributed by atoms with Gasteiger partial charge in [0.2, 0.25) is 0 Å². The number of aliphatic hydroxyl groups is 1. The number of nitrogens with zero attached hydrogens (tertiary/aromatic N) is 3. The Kier molecular flexibility index (Phi) is 4.96. The first-order chi connectivity index (χ1) is 14.9. The second-order valence-electron chi connectivity index (χ2n) is 8.18. The first kappa shape index (κ1) is 20.4. The summed E-state index contributed by atoms with van der Waals surface area (Å²) in [6, 6.07) is 6.59. The number of amides is 1. The molecule has 1 aliphatic heterocycles. The Balaban J connectivity index is 1.40. The monoisotopic (exact) mass is 456 g/mol. The number of aromatic nitrogens is 3. The van der Waals surface area contributed by atoms with Gasteiger partial charge in [0, 0.05) is 29.1 Å². The van der Waals surface area contributed by atoms with Crippen molar-refractivity contribution in [2.24, 2.45) is 0 Å². The summed E-state index contributed by atoms with van der Waals surface area (Å²) in [6.45, 7) is 2.48. The SMILES string of the molecule is Cc1csc(C2(c3nc4c(c(=O)[nH]3)CN(C(=O)[C@H](O)c3cccc(Cl)c3)CC4)CC2)n1. The lowest BCUT2D eigenvalue weighted by atomic mass is 10.0. The highest BCUT2D eigenvalue weighted by molar-refractivity contribution is 7.09. The molecule has 2 aliphatic rings. The van der Waals surface area contributed by atoms with Crippen LogP contribution in [0.15, 0.2) is 34.4 Å². The number of carbonyl (C=O) groups is 1. The van der Waals surface area contributed by atoms with Gasteiger partial charge in [-0.05, 0) is 37.5 Å². The highest BCUT2D eigenvalue weighted by atomic mass is 35.5. The molecule has 2 aromatic heterocycles. The highest BCUT2D eigenvalue weighted by Gasteiger charge is 2.51. The number of nitrogens with one attached hydrogen (secondary N) is 1. The fourth-order valence-corrected chi connectivity index (χ4v) is 5.34. The van der Waals surface area contributed by atoms with Crippen LogP contribution < -0.4 is 5.56 Å². The van der Waals surface area contributed by atoms with Crippen molar-refractivity contribution in [1.29, 1.82) is 0 Å². The van der Waals surface area contributed by atoms with Gasteiger partial charge in [-0.15, -0.1) is 11.3 Å². The van der Waals surface area contributed by atoms with Crippen LogP contribution in [0.25, 0.3) is 0 Å². The fraction of sp³-hybridized carbons (Fsp3) is 0.364. The standard InChI is InChI=1S/C22H21ClN4O3S/c1-12-11-31-21(24-12)22(6-7-22)20-25-16-5-8-27(10-15(16)18(29)26-20)19(30)17(28)13-3-2-4-14(23)9-13/h2-4,9,11,17,28H,5-8,10H2,1H3,(H,25,26,29)/t17-/m1/s1. The molecule has 31 heavy (non-hydrogen) atoms. The summed E-state index contributed by atoms with van der Waals surface area (Å²) in [5.41, 5.74) is 2.09. The Morgan fingerprint density at radius 3 is 2.84 bits per heavy atom. The molecule has 3 aromatic rings. The molecule has 0 bridgehead atoms. The third-order valence-electron chi connectivity index (χ3n) is 6.01. The lowest BCUT2D eigenvalue weighted by Crippen LogP contribution is -2.42. The lowest BCUT2D eigenvalue weighted by molar-refractivity contribution is -0.141. The Morgan fingerprint density at radius 1 is 1.35 bits per heavy atom. The zero-order chi connectivity index (χ0) is 21.8. The number of fused-ring (bicyclic) bond motifs is 1. The molecule has 1 aliphatic carbocycles. The molecule has 2 N–H and O–H groups in total. The highest BCUT2D eigenvalue weighted by Crippen LogP contribution is 2.52. The summed E-state index contributed by atoms with van der Waals surface area (Å²) < 4.78 is 0. The molecule has 7 nitrogen and oxygen atoms in total. The van der Waals surface area contributed by atoms with E-state index in [2.05, 4.69) is 9.97 Å². The van der Waals surface area contributed by atoms with E-state index in [0.29, 0.717) is 34.9 Å². The van der Waals surface area contributed by atoms with Gasteiger partial charge in [0.05, 0.1) is 23.2 Å². The van der Waals surface area contributed by atoms with E-state index in [9.17, 15) is 14.7 Å². The van der Waals surface area contributed by atoms with Crippen LogP contribution >= 0.6 is 22.9 Å². The van der Waals surface area contributed by atoms with Gasteiger partial charge in [0.1, 0.15) is 10.8 Å². The van der Waals surface area contributed by atoms with Crippen molar-refractivity contribution in [2.75, 3.05) is 6.54 Å². The van der Waals surface area contributed by atoms with Crippen molar-refractivity contribution >= 4 is 28.8 Å². The van der Waals surface area contributed by atoms with Crippen molar-refractivity contribution in [2.45, 2.75) is 44.2 Å². The van der Waals surface area contributed by atoms with Crippen molar-refractivity contribution in [3.05, 3.63) is 78.4 Å². The molecule has 9 heteroatoms. The molecular weight excluding hydrogens is 436 g/mol. The van der Waals surface area contributed by atoms with Gasteiger partial charge < -0.3 is 15.0 Å². The average molecular weight is 457 g/mol. The predicted molar refractivity (Wildman–Crippen MR) is 117 cm³/mol. The van der Waals surface area contributed by atoms with Crippen LogP contribution in [-0.2, 0) is 23.2 Å². The van der Waals surface area contributed by atoms with Crippen LogP contribution in [0.1, 0.15) is 52.3 Å². The molecule has 1 saturated carbocycles. The van der Waals surface area contributed by atoms with Crippen LogP contribution in [0.4, 0.5) is 0 Å². The number of rotatable bonds is 4. The fourth-order valence-electron chi connectivity index (χ4n) is 4.08. The van der Waals surface area contributed by atoms with E-state index >= 15 is 0 Å². The molecule has 1 atom stereocenters. The van der Waals surface area contributed by atoms with Gasteiger partial charge in [0.15, 0.2) is 6.10 Å². The van der Waals surface area contributed by atoms with E-state index in [1.165, 1.54) is 4.90 Å². The molecule has 1 aromatic carbocycles. The van der Waals surface area contributed by atoms with E-state index in [1.54, 1.807) is 35.6 Å². The number of thiazole rings is 1. The van der Waals surface area contributed by atoms with Gasteiger partial charge in [-0.1, -0.05) is 23.7 Å². The van der Waals surface area contributed by atoms with E-state index in [0.717, 1.165) is 29.2 Å². The Hall–Kier alpha value is -2.55. The second-order valence-corrected chi connectivity index (χ2v) is 9.48. The van der Waals surface area contributed by atoms with Gasteiger partial charge >= 0.3 is 0 Å². The van der Waals surface area contributed by atoms with Gasteiger partial charge in [0.25, 0.3) is 11.5 Å². The molecule has 0 spiro atoms. The number of hydrogen-bond acceptors (Lipinski definition) is 6. The summed E-state index contributed by atoms with van der Waals surface area (Å²) in [6.07, 6.45) is 0.971. The van der Waals surface area contributed by atoms with Gasteiger partial charge in [-0.2, -0.15) is 0 Å². The van der Waals surface area contributed by atoms with Gasteiger partial charge in [-0.3, -0.25) is 9.59 Å². The van der Waals surface area contributed by atoms with E-state index in [-0.39, 0.29) is 17.5 Å². The predicted octanol–water partition coefficient (Wildman–Crippen LogP) is 2.89. The van der Waals surface area contributed by atoms with Crippen LogP contribution in [0.5, 0.6) is 0 Å². The number of carbonyl (C=O) groups excluding carboxylic acids is 1. The summed E-state index contributed by atoms with van der Waals surface area (Å²) in [7, 11) is 0. The summed E-state index contributed by atoms with van der Waals surface area (Å²) in [5.74, 6) is 0.220. The summed E-state index contributed by atoms with van der Waals surface area (Å²) >= 11 is 7.58. The average Bonchev–Trinajstić information content (AvgIpc) is 3.47. The Bertz CT molecular complexity index is 1230. The van der Waals surface area contributed by atoms with Crippen molar-refractivity contribution < 1.29 is 9.90 Å². The van der Waals surface area contributed by atoms with Crippen LogP contribution in [0.3, 0.4) is 0 Å². The summed E-state index contributed by atoms with van der Waals surface area (Å²) in [5, 5.41) is 14.0. The molecule has 160 valence electrons. The number of aromatic amines is 1. The zero-order valence-electron chi connectivity index (χ0n) is 16.9. The topological polar surface area (TPSA) is 99.2 Å². The summed E-state index contributed by atoms with van der Waals surface area (Å²) in [4.78, 5) is 39.6. The Labute approximate surface area is 187 Å². The molecule has 5 rings (SSSR count). The number of aryl methyl sites for hydroxylation is 1. The molecule has 1 amide bonds. The number of H-pyrrole nitrogens is 1. The molecular formula is C22H21ClN4O3S. The van der Waals surface area contributed by atoms with E-state index in [4.69, 9.17) is 16.6 Å². The number of hydrogen-bond donors (Lipinski definition) is 2. The van der Waals surface area contributed by atoms with Gasteiger partial charge in [-0.25, -0.2) is 9.97 Å². The molecule has 0 saturated heterocycles. The van der Waals surface area contributed by atoms with Crippen molar-refractivity contribution in [3.63, 3.8) is 0 Å². The first-order valence-corrected chi connectivity index (χ1v) is 11.4.